The lowest BCUT2D eigenvalue weighted by molar-refractivity contribution is -0.150. The lowest BCUT2D eigenvalue weighted by atomic mass is 9.98. The maximum Gasteiger partial charge on any atom is 0.347 e. The first kappa shape index (κ1) is 23.0. The van der Waals surface area contributed by atoms with E-state index in [1.807, 2.05) is 42.5 Å². The van der Waals surface area contributed by atoms with E-state index in [4.69, 9.17) is 37.4 Å². The van der Waals surface area contributed by atoms with Crippen LogP contribution < -0.4 is 9.47 Å². The summed E-state index contributed by atoms with van der Waals surface area (Å²) in [6, 6.07) is 19.4. The molecular weight excluding hydrogens is 435 g/mol. The van der Waals surface area contributed by atoms with Crippen molar-refractivity contribution in [2.45, 2.75) is 26.4 Å². The molecule has 4 nitrogen and oxygen atoms in total. The van der Waals surface area contributed by atoms with Crippen molar-refractivity contribution in [3.8, 4) is 22.6 Å². The van der Waals surface area contributed by atoms with E-state index < -0.39 is 12.1 Å². The first-order chi connectivity index (χ1) is 14.9. The number of rotatable bonds is 8. The third kappa shape index (κ3) is 5.72. The Labute approximate surface area is 192 Å². The molecule has 0 aliphatic heterocycles. The third-order valence-electron chi connectivity index (χ3n) is 4.78. The normalized spacial score (nSPS) is 11.6. The van der Waals surface area contributed by atoms with Crippen molar-refractivity contribution < 1.29 is 19.0 Å². The number of benzene rings is 3. The van der Waals surface area contributed by atoms with Crippen molar-refractivity contribution in [2.24, 2.45) is 0 Å². The second-order valence-corrected chi connectivity index (χ2v) is 7.77. The average Bonchev–Trinajstić information content (AvgIpc) is 2.77. The maximum absolute atomic E-state index is 11.8. The van der Waals surface area contributed by atoms with Gasteiger partial charge >= 0.3 is 5.97 Å². The lowest BCUT2D eigenvalue weighted by Crippen LogP contribution is -2.26. The van der Waals surface area contributed by atoms with Crippen LogP contribution in [-0.4, -0.2) is 25.8 Å². The fourth-order valence-corrected chi connectivity index (χ4v) is 3.84. The van der Waals surface area contributed by atoms with E-state index in [9.17, 15) is 4.79 Å². The summed E-state index contributed by atoms with van der Waals surface area (Å²) in [4.78, 5) is 11.8. The topological polar surface area (TPSA) is 44.8 Å². The Morgan fingerprint density at radius 3 is 2.29 bits per heavy atom. The molecule has 0 aromatic heterocycles. The molecule has 0 amide bonds. The second-order valence-electron chi connectivity index (χ2n) is 6.96. The van der Waals surface area contributed by atoms with Crippen LogP contribution in [0.25, 0.3) is 11.1 Å². The monoisotopic (exact) mass is 458 g/mol. The number of carbonyl (C=O) groups excluding carboxylic acids is 1. The van der Waals surface area contributed by atoms with Crippen molar-refractivity contribution in [3.05, 3.63) is 81.8 Å². The largest absolute Gasteiger partial charge is 0.496 e. The highest BCUT2D eigenvalue weighted by Gasteiger charge is 2.18. The van der Waals surface area contributed by atoms with Gasteiger partial charge in [0, 0.05) is 22.0 Å². The fraction of sp³-hybridized carbons (Fsp3) is 0.240. The Balaban J connectivity index is 1.85. The van der Waals surface area contributed by atoms with Gasteiger partial charge in [-0.05, 0) is 54.8 Å². The number of hydrogen-bond donors (Lipinski definition) is 0. The van der Waals surface area contributed by atoms with Gasteiger partial charge in [-0.25, -0.2) is 4.79 Å². The molecule has 0 unspecified atom stereocenters. The van der Waals surface area contributed by atoms with Crippen LogP contribution in [0.15, 0.2) is 60.7 Å². The molecule has 162 valence electrons. The van der Waals surface area contributed by atoms with Crippen LogP contribution >= 0.6 is 23.2 Å². The molecule has 0 heterocycles. The highest BCUT2D eigenvalue weighted by molar-refractivity contribution is 6.36. The predicted octanol–water partition coefficient (Wildman–Crippen LogP) is 6.59. The standard InChI is InChI=1S/C25H24Cl2O4/c1-4-30-25(28)16(2)31-19-14-22(26)21(23(27)15-19)13-17-10-11-24(29-3)20(12-17)18-8-6-5-7-9-18/h5-12,14-16H,4,13H2,1-3H3/t16-/m0/s1. The van der Waals surface area contributed by atoms with E-state index >= 15 is 0 Å². The summed E-state index contributed by atoms with van der Waals surface area (Å²) in [6.07, 6.45) is -0.220. The lowest BCUT2D eigenvalue weighted by Gasteiger charge is -2.16. The van der Waals surface area contributed by atoms with E-state index in [1.165, 1.54) is 0 Å². The minimum atomic E-state index is -0.757. The Morgan fingerprint density at radius 2 is 1.68 bits per heavy atom. The van der Waals surface area contributed by atoms with Gasteiger partial charge < -0.3 is 14.2 Å². The Morgan fingerprint density at radius 1 is 1.00 bits per heavy atom. The molecule has 0 aliphatic carbocycles. The number of ether oxygens (including phenoxy) is 3. The Kier molecular flexibility index (Phi) is 7.83. The minimum absolute atomic E-state index is 0.291. The van der Waals surface area contributed by atoms with E-state index in [-0.39, 0.29) is 0 Å². The molecule has 3 aromatic rings. The number of carbonyl (C=O) groups is 1. The molecule has 0 saturated carbocycles. The highest BCUT2D eigenvalue weighted by Crippen LogP contribution is 2.35. The van der Waals surface area contributed by atoms with Gasteiger partial charge in [0.05, 0.1) is 13.7 Å². The van der Waals surface area contributed by atoms with Crippen LogP contribution in [0.5, 0.6) is 11.5 Å². The van der Waals surface area contributed by atoms with E-state index in [1.54, 1.807) is 33.1 Å². The first-order valence-electron chi connectivity index (χ1n) is 9.96. The second kappa shape index (κ2) is 10.6. The van der Waals surface area contributed by atoms with Gasteiger partial charge in [0.1, 0.15) is 11.5 Å². The number of halogens is 2. The molecule has 0 N–H and O–H groups in total. The molecule has 6 heteroatoms. The van der Waals surface area contributed by atoms with Crippen molar-refractivity contribution >= 4 is 29.2 Å². The van der Waals surface area contributed by atoms with Gasteiger partial charge in [-0.15, -0.1) is 0 Å². The predicted molar refractivity (Wildman–Crippen MR) is 124 cm³/mol. The zero-order valence-corrected chi connectivity index (χ0v) is 19.2. The molecule has 0 spiro atoms. The molecule has 3 aromatic carbocycles. The van der Waals surface area contributed by atoms with Gasteiger partial charge in [-0.2, -0.15) is 0 Å². The maximum atomic E-state index is 11.8. The van der Waals surface area contributed by atoms with Crippen molar-refractivity contribution in [2.75, 3.05) is 13.7 Å². The number of hydrogen-bond acceptors (Lipinski definition) is 4. The van der Waals surface area contributed by atoms with Gasteiger partial charge in [-0.1, -0.05) is 59.6 Å². The average molecular weight is 459 g/mol. The van der Waals surface area contributed by atoms with Gasteiger partial charge in [-0.3, -0.25) is 0 Å². The molecule has 1 atom stereocenters. The van der Waals surface area contributed by atoms with Crippen molar-refractivity contribution in [1.29, 1.82) is 0 Å². The molecule has 0 radical (unpaired) electrons. The van der Waals surface area contributed by atoms with Crippen LogP contribution in [0.4, 0.5) is 0 Å². The summed E-state index contributed by atoms with van der Waals surface area (Å²) in [5, 5.41) is 0.936. The summed E-state index contributed by atoms with van der Waals surface area (Å²) < 4.78 is 16.1. The summed E-state index contributed by atoms with van der Waals surface area (Å²) >= 11 is 13.0. The zero-order chi connectivity index (χ0) is 22.4. The smallest absolute Gasteiger partial charge is 0.347 e. The third-order valence-corrected chi connectivity index (χ3v) is 5.45. The summed E-state index contributed by atoms with van der Waals surface area (Å²) in [6.45, 7) is 3.66. The van der Waals surface area contributed by atoms with Crippen LogP contribution in [-0.2, 0) is 16.0 Å². The van der Waals surface area contributed by atoms with Crippen LogP contribution in [0.2, 0.25) is 10.0 Å². The first-order valence-corrected chi connectivity index (χ1v) is 10.7. The molecule has 0 saturated heterocycles. The van der Waals surface area contributed by atoms with Crippen LogP contribution in [0.1, 0.15) is 25.0 Å². The molecule has 0 bridgehead atoms. The summed E-state index contributed by atoms with van der Waals surface area (Å²) in [5.41, 5.74) is 3.88. The summed E-state index contributed by atoms with van der Waals surface area (Å²) in [5.74, 6) is 0.772. The molecule has 0 fully saturated rings. The summed E-state index contributed by atoms with van der Waals surface area (Å²) in [7, 11) is 1.66. The zero-order valence-electron chi connectivity index (χ0n) is 17.7. The Bertz CT molecular complexity index is 1030. The van der Waals surface area contributed by atoms with E-state index in [0.29, 0.717) is 28.8 Å². The van der Waals surface area contributed by atoms with Crippen LogP contribution in [0.3, 0.4) is 0 Å². The number of esters is 1. The quantitative estimate of drug-likeness (QED) is 0.357. The van der Waals surface area contributed by atoms with Crippen molar-refractivity contribution in [3.63, 3.8) is 0 Å². The highest BCUT2D eigenvalue weighted by atomic mass is 35.5. The fourth-order valence-electron chi connectivity index (χ4n) is 3.24. The SMILES string of the molecule is CCOC(=O)[C@H](C)Oc1cc(Cl)c(Cc2ccc(OC)c(-c3ccccc3)c2)c(Cl)c1. The van der Waals surface area contributed by atoms with E-state index in [2.05, 4.69) is 6.07 Å². The van der Waals surface area contributed by atoms with Gasteiger partial charge in [0.2, 0.25) is 0 Å². The number of methoxy groups -OCH3 is 1. The van der Waals surface area contributed by atoms with Gasteiger partial charge in [0.25, 0.3) is 0 Å². The minimum Gasteiger partial charge on any atom is -0.496 e. The van der Waals surface area contributed by atoms with Gasteiger partial charge in [0.15, 0.2) is 6.10 Å². The van der Waals surface area contributed by atoms with Crippen LogP contribution in [0, 0.1) is 0 Å². The molecular formula is C25H24Cl2O4. The van der Waals surface area contributed by atoms with E-state index in [0.717, 1.165) is 28.0 Å². The Hall–Kier alpha value is -2.69. The molecule has 31 heavy (non-hydrogen) atoms. The molecule has 0 aliphatic rings. The van der Waals surface area contributed by atoms with Crippen molar-refractivity contribution in [1.82, 2.24) is 0 Å². The molecule has 3 rings (SSSR count).